The molecule has 2 N–H and O–H groups in total. The van der Waals surface area contributed by atoms with Gasteiger partial charge >= 0.3 is 5.97 Å². The first kappa shape index (κ1) is 14.0. The van der Waals surface area contributed by atoms with Gasteiger partial charge in [-0.2, -0.15) is 0 Å². The Hall–Kier alpha value is -2.37. The zero-order valence-corrected chi connectivity index (χ0v) is 11.1. The largest absolute Gasteiger partial charge is 0.481 e. The van der Waals surface area contributed by atoms with E-state index in [0.29, 0.717) is 6.54 Å². The monoisotopic (exact) mass is 276 g/mol. The van der Waals surface area contributed by atoms with Gasteiger partial charge < -0.3 is 15.3 Å². The summed E-state index contributed by atoms with van der Waals surface area (Å²) in [5, 5.41) is 11.2. The Kier molecular flexibility index (Phi) is 4.02. The summed E-state index contributed by atoms with van der Waals surface area (Å²) >= 11 is 0. The maximum atomic E-state index is 12.3. The number of carbonyl (C=O) groups excluding carboxylic acids is 2. The number of aliphatic carboxylic acids is 1. The second-order valence-corrected chi connectivity index (χ2v) is 4.79. The minimum atomic E-state index is -1.11. The molecule has 1 aromatic carbocycles. The zero-order valence-electron chi connectivity index (χ0n) is 11.1. The molecule has 20 heavy (non-hydrogen) atoms. The topological polar surface area (TPSA) is 86.7 Å². The molecule has 1 fully saturated rings. The highest BCUT2D eigenvalue weighted by Gasteiger charge is 2.38. The van der Waals surface area contributed by atoms with Crippen LogP contribution in [0.5, 0.6) is 0 Å². The summed E-state index contributed by atoms with van der Waals surface area (Å²) in [7, 11) is 0. The number of amides is 2. The minimum Gasteiger partial charge on any atom is -0.481 e. The van der Waals surface area contributed by atoms with Crippen molar-refractivity contribution in [2.75, 3.05) is 0 Å². The van der Waals surface area contributed by atoms with Crippen LogP contribution in [0.25, 0.3) is 0 Å². The lowest BCUT2D eigenvalue weighted by molar-refractivity contribution is -0.152. The van der Waals surface area contributed by atoms with Crippen LogP contribution in [0, 0.1) is 0 Å². The Morgan fingerprint density at radius 3 is 2.55 bits per heavy atom. The average molecular weight is 276 g/mol. The van der Waals surface area contributed by atoms with E-state index in [0.717, 1.165) is 5.56 Å². The van der Waals surface area contributed by atoms with Gasteiger partial charge in [0.1, 0.15) is 12.1 Å². The Morgan fingerprint density at radius 2 is 1.95 bits per heavy atom. The van der Waals surface area contributed by atoms with Crippen LogP contribution in [-0.2, 0) is 20.9 Å². The highest BCUT2D eigenvalue weighted by molar-refractivity contribution is 5.98. The molecule has 0 saturated carbocycles. The number of piperazine rings is 1. The lowest BCUT2D eigenvalue weighted by Crippen LogP contribution is -2.62. The molecule has 0 aliphatic carbocycles. The third kappa shape index (κ3) is 2.96. The summed E-state index contributed by atoms with van der Waals surface area (Å²) in [6, 6.07) is 7.70. The molecule has 2 amide bonds. The smallest absolute Gasteiger partial charge is 0.305 e. The van der Waals surface area contributed by atoms with E-state index in [2.05, 4.69) is 5.32 Å². The second kappa shape index (κ2) is 5.73. The SMILES string of the molecule is C[C@H]1C(=O)N[C@@H](CC(=O)O)C(=O)N1Cc1ccccc1. The van der Waals surface area contributed by atoms with Gasteiger partial charge in [-0.1, -0.05) is 30.3 Å². The van der Waals surface area contributed by atoms with Gasteiger partial charge in [-0.3, -0.25) is 14.4 Å². The number of hydrogen-bond acceptors (Lipinski definition) is 3. The van der Waals surface area contributed by atoms with E-state index >= 15 is 0 Å². The van der Waals surface area contributed by atoms with E-state index in [-0.39, 0.29) is 11.8 Å². The van der Waals surface area contributed by atoms with Crippen molar-refractivity contribution >= 4 is 17.8 Å². The highest BCUT2D eigenvalue weighted by Crippen LogP contribution is 2.16. The molecule has 0 radical (unpaired) electrons. The fourth-order valence-corrected chi connectivity index (χ4v) is 2.19. The van der Waals surface area contributed by atoms with Crippen molar-refractivity contribution in [1.82, 2.24) is 10.2 Å². The van der Waals surface area contributed by atoms with Crippen molar-refractivity contribution in [3.63, 3.8) is 0 Å². The Morgan fingerprint density at radius 1 is 1.30 bits per heavy atom. The van der Waals surface area contributed by atoms with E-state index in [4.69, 9.17) is 5.11 Å². The maximum absolute atomic E-state index is 12.3. The molecule has 0 bridgehead atoms. The van der Waals surface area contributed by atoms with Crippen LogP contribution in [-0.4, -0.2) is 39.9 Å². The average Bonchev–Trinajstić information content (AvgIpc) is 2.41. The second-order valence-electron chi connectivity index (χ2n) is 4.79. The molecule has 6 heteroatoms. The summed E-state index contributed by atoms with van der Waals surface area (Å²) in [5.41, 5.74) is 0.900. The first-order valence-electron chi connectivity index (χ1n) is 6.35. The standard InChI is InChI=1S/C14H16N2O4/c1-9-13(19)15-11(7-12(17)18)14(20)16(9)8-10-5-3-2-4-6-10/h2-6,9,11H,7-8H2,1H3,(H,15,19)(H,17,18)/t9-,11-/m0/s1. The zero-order chi connectivity index (χ0) is 14.7. The molecule has 0 unspecified atom stereocenters. The van der Waals surface area contributed by atoms with Gasteiger partial charge in [0.25, 0.3) is 0 Å². The van der Waals surface area contributed by atoms with Gasteiger partial charge in [0, 0.05) is 6.54 Å². The molecule has 2 rings (SSSR count). The van der Waals surface area contributed by atoms with Crippen molar-refractivity contribution < 1.29 is 19.5 Å². The normalized spacial score (nSPS) is 22.6. The number of carboxylic acid groups (broad SMARTS) is 1. The highest BCUT2D eigenvalue weighted by atomic mass is 16.4. The molecular formula is C14H16N2O4. The van der Waals surface area contributed by atoms with Gasteiger partial charge in [0.05, 0.1) is 6.42 Å². The lowest BCUT2D eigenvalue weighted by Gasteiger charge is -2.37. The molecule has 1 heterocycles. The minimum absolute atomic E-state index is 0.296. The Balaban J connectivity index is 2.18. The predicted molar refractivity (Wildman–Crippen MR) is 70.6 cm³/mol. The van der Waals surface area contributed by atoms with Gasteiger partial charge in [-0.05, 0) is 12.5 Å². The van der Waals surface area contributed by atoms with Crippen molar-refractivity contribution in [2.24, 2.45) is 0 Å². The number of rotatable bonds is 4. The van der Waals surface area contributed by atoms with Gasteiger partial charge in [0.15, 0.2) is 0 Å². The van der Waals surface area contributed by atoms with Gasteiger partial charge in [-0.15, -0.1) is 0 Å². The first-order valence-corrected chi connectivity index (χ1v) is 6.35. The van der Waals surface area contributed by atoms with Crippen molar-refractivity contribution in [2.45, 2.75) is 32.0 Å². The summed E-state index contributed by atoms with van der Waals surface area (Å²) in [4.78, 5) is 36.3. The number of benzene rings is 1. The van der Waals surface area contributed by atoms with Crippen LogP contribution in [0.3, 0.4) is 0 Å². The first-order chi connectivity index (χ1) is 9.49. The molecule has 6 nitrogen and oxygen atoms in total. The van der Waals surface area contributed by atoms with Crippen LogP contribution in [0.1, 0.15) is 18.9 Å². The summed E-state index contributed by atoms with van der Waals surface area (Å²) in [6.07, 6.45) is -0.400. The molecule has 0 aromatic heterocycles. The molecular weight excluding hydrogens is 260 g/mol. The van der Waals surface area contributed by atoms with Gasteiger partial charge in [0.2, 0.25) is 11.8 Å². The molecule has 106 valence electrons. The number of hydrogen-bond donors (Lipinski definition) is 2. The Bertz CT molecular complexity index is 529. The third-order valence-corrected chi connectivity index (χ3v) is 3.32. The van der Waals surface area contributed by atoms with E-state index in [1.165, 1.54) is 4.90 Å². The van der Waals surface area contributed by atoms with Crippen molar-refractivity contribution in [3.05, 3.63) is 35.9 Å². The fourth-order valence-electron chi connectivity index (χ4n) is 2.19. The number of nitrogens with zero attached hydrogens (tertiary/aromatic N) is 1. The van der Waals surface area contributed by atoms with E-state index in [9.17, 15) is 14.4 Å². The molecule has 1 aromatic rings. The third-order valence-electron chi connectivity index (χ3n) is 3.32. The predicted octanol–water partition coefficient (Wildman–Crippen LogP) is 0.377. The molecule has 1 aliphatic heterocycles. The van der Waals surface area contributed by atoms with Crippen LogP contribution in [0.4, 0.5) is 0 Å². The van der Waals surface area contributed by atoms with Crippen LogP contribution in [0.15, 0.2) is 30.3 Å². The van der Waals surface area contributed by atoms with E-state index in [1.54, 1.807) is 6.92 Å². The van der Waals surface area contributed by atoms with Crippen LogP contribution in [0.2, 0.25) is 0 Å². The summed E-state index contributed by atoms with van der Waals surface area (Å²) in [5.74, 6) is -1.80. The Labute approximate surface area is 116 Å². The van der Waals surface area contributed by atoms with Crippen LogP contribution >= 0.6 is 0 Å². The van der Waals surface area contributed by atoms with E-state index < -0.39 is 24.5 Å². The summed E-state index contributed by atoms with van der Waals surface area (Å²) in [6.45, 7) is 1.93. The quantitative estimate of drug-likeness (QED) is 0.832. The molecule has 1 saturated heterocycles. The van der Waals surface area contributed by atoms with Gasteiger partial charge in [-0.25, -0.2) is 0 Å². The van der Waals surface area contributed by atoms with E-state index in [1.807, 2.05) is 30.3 Å². The number of carboxylic acids is 1. The van der Waals surface area contributed by atoms with Crippen LogP contribution < -0.4 is 5.32 Å². The molecule has 0 spiro atoms. The fraction of sp³-hybridized carbons (Fsp3) is 0.357. The molecule has 2 atom stereocenters. The number of nitrogens with one attached hydrogen (secondary N) is 1. The number of carbonyl (C=O) groups is 3. The maximum Gasteiger partial charge on any atom is 0.305 e. The summed E-state index contributed by atoms with van der Waals surface area (Å²) < 4.78 is 0. The van der Waals surface area contributed by atoms with Crippen molar-refractivity contribution in [1.29, 1.82) is 0 Å². The molecule has 1 aliphatic rings. The van der Waals surface area contributed by atoms with Crippen molar-refractivity contribution in [3.8, 4) is 0 Å². The lowest BCUT2D eigenvalue weighted by atomic mass is 10.0.